The van der Waals surface area contributed by atoms with Crippen molar-refractivity contribution in [3.8, 4) is 23.1 Å². The van der Waals surface area contributed by atoms with Gasteiger partial charge >= 0.3 is 0 Å². The molecule has 0 bridgehead atoms. The summed E-state index contributed by atoms with van der Waals surface area (Å²) >= 11 is 0. The van der Waals surface area contributed by atoms with Gasteiger partial charge in [0.1, 0.15) is 11.9 Å². The first-order chi connectivity index (χ1) is 18.6. The Balaban J connectivity index is 1.15. The second kappa shape index (κ2) is 9.19. The molecule has 2 aliphatic rings. The van der Waals surface area contributed by atoms with Crippen molar-refractivity contribution in [3.05, 3.63) is 83.4 Å². The maximum atomic E-state index is 13.5. The van der Waals surface area contributed by atoms with Crippen molar-refractivity contribution in [2.24, 2.45) is 17.6 Å². The smallest absolute Gasteiger partial charge is 0.257 e. The molecular weight excluding hydrogens is 504 g/mol. The third-order valence-electron chi connectivity index (χ3n) is 7.29. The number of pyridine rings is 1. The van der Waals surface area contributed by atoms with Gasteiger partial charge in [-0.3, -0.25) is 4.79 Å². The van der Waals surface area contributed by atoms with Gasteiger partial charge < -0.3 is 15.4 Å². The monoisotopic (exact) mass is 531 g/mol. The average molecular weight is 532 g/mol. The Morgan fingerprint density at radius 1 is 1.05 bits per heavy atom. The van der Waals surface area contributed by atoms with Crippen molar-refractivity contribution in [1.29, 1.82) is 0 Å². The van der Waals surface area contributed by atoms with E-state index < -0.39 is 11.4 Å². The second-order valence-electron chi connectivity index (χ2n) is 10.7. The molecule has 2 unspecified atom stereocenters. The Bertz CT molecular complexity index is 1540. The number of hydrogen-bond acceptors (Lipinski definition) is 7. The van der Waals surface area contributed by atoms with Crippen LogP contribution in [-0.2, 0) is 5.54 Å². The Hall–Kier alpha value is -4.25. The standard InChI is InChI=1S/C28H27F2N7O2/c1-15-20(14-37(35-15)27-32-10-19(30)11-33-27)26(38)36-12-21-22(13-36)25(21)39-24-9-17(28(2,3)31)8-23(34-24)16-4-6-18(29)7-5-16/h4-11,14,21-22,25H,12-13,31H2,1-3H3. The van der Waals surface area contributed by atoms with E-state index in [1.165, 1.54) is 16.8 Å². The van der Waals surface area contributed by atoms with Crippen molar-refractivity contribution < 1.29 is 18.3 Å². The number of likely N-dealkylation sites (tertiary alicyclic amines) is 1. The van der Waals surface area contributed by atoms with Gasteiger partial charge in [0.2, 0.25) is 5.88 Å². The molecule has 1 aromatic carbocycles. The van der Waals surface area contributed by atoms with Gasteiger partial charge in [-0.2, -0.15) is 5.10 Å². The third-order valence-corrected chi connectivity index (χ3v) is 7.29. The van der Waals surface area contributed by atoms with Crippen LogP contribution in [0.2, 0.25) is 0 Å². The molecule has 2 atom stereocenters. The lowest BCUT2D eigenvalue weighted by molar-refractivity contribution is 0.0751. The molecule has 0 radical (unpaired) electrons. The van der Waals surface area contributed by atoms with Crippen molar-refractivity contribution in [3.63, 3.8) is 0 Å². The van der Waals surface area contributed by atoms with Crippen molar-refractivity contribution >= 4 is 5.91 Å². The van der Waals surface area contributed by atoms with Crippen molar-refractivity contribution in [1.82, 2.24) is 29.6 Å². The predicted octanol–water partition coefficient (Wildman–Crippen LogP) is 3.65. The van der Waals surface area contributed by atoms with Gasteiger partial charge in [0, 0.05) is 48.3 Å². The number of nitrogens with zero attached hydrogens (tertiary/aromatic N) is 6. The Kier molecular flexibility index (Phi) is 5.91. The lowest BCUT2D eigenvalue weighted by Crippen LogP contribution is -2.33. The summed E-state index contributed by atoms with van der Waals surface area (Å²) < 4.78 is 34.3. The Morgan fingerprint density at radius 3 is 2.36 bits per heavy atom. The third kappa shape index (κ3) is 4.85. The van der Waals surface area contributed by atoms with E-state index in [9.17, 15) is 13.6 Å². The minimum atomic E-state index is -0.625. The maximum Gasteiger partial charge on any atom is 0.257 e. The summed E-state index contributed by atoms with van der Waals surface area (Å²) in [4.78, 5) is 27.6. The van der Waals surface area contributed by atoms with E-state index in [0.29, 0.717) is 35.9 Å². The SMILES string of the molecule is Cc1nn(-c2ncc(F)cn2)cc1C(=O)N1CC2C(C1)C2Oc1cc(C(C)(C)N)cc(-c2ccc(F)cc2)n1. The van der Waals surface area contributed by atoms with Crippen LogP contribution in [0, 0.1) is 30.4 Å². The van der Waals surface area contributed by atoms with Crippen molar-refractivity contribution in [2.45, 2.75) is 32.4 Å². The Morgan fingerprint density at radius 2 is 1.72 bits per heavy atom. The molecule has 200 valence electrons. The molecule has 1 saturated heterocycles. The number of nitrogens with two attached hydrogens (primary N) is 1. The summed E-state index contributed by atoms with van der Waals surface area (Å²) in [6.07, 6.45) is 3.62. The lowest BCUT2D eigenvalue weighted by atomic mass is 9.95. The largest absolute Gasteiger partial charge is 0.474 e. The fraction of sp³-hybridized carbons (Fsp3) is 0.321. The van der Waals surface area contributed by atoms with Gasteiger partial charge in [-0.25, -0.2) is 28.4 Å². The molecule has 39 heavy (non-hydrogen) atoms. The summed E-state index contributed by atoms with van der Waals surface area (Å²) in [6, 6.07) is 9.89. The van der Waals surface area contributed by atoms with Crippen LogP contribution in [0.1, 0.15) is 35.5 Å². The zero-order valence-electron chi connectivity index (χ0n) is 21.7. The van der Waals surface area contributed by atoms with Gasteiger partial charge in [0.05, 0.1) is 29.3 Å². The van der Waals surface area contributed by atoms with Crippen LogP contribution in [0.4, 0.5) is 8.78 Å². The van der Waals surface area contributed by atoms with E-state index in [4.69, 9.17) is 10.5 Å². The fourth-order valence-corrected chi connectivity index (χ4v) is 5.02. The zero-order chi connectivity index (χ0) is 27.5. The van der Waals surface area contributed by atoms with Crippen LogP contribution < -0.4 is 10.5 Å². The highest BCUT2D eigenvalue weighted by Crippen LogP contribution is 2.48. The number of carbonyl (C=O) groups excluding carboxylic acids is 1. The highest BCUT2D eigenvalue weighted by Gasteiger charge is 2.59. The van der Waals surface area contributed by atoms with Crippen LogP contribution in [-0.4, -0.2) is 54.7 Å². The molecule has 6 rings (SSSR count). The van der Waals surface area contributed by atoms with Gasteiger partial charge in [-0.05, 0) is 56.7 Å². The number of amides is 1. The minimum absolute atomic E-state index is 0.0600. The highest BCUT2D eigenvalue weighted by atomic mass is 19.1. The van der Waals surface area contributed by atoms with Gasteiger partial charge in [0.15, 0.2) is 5.82 Å². The quantitative estimate of drug-likeness (QED) is 0.404. The summed E-state index contributed by atoms with van der Waals surface area (Å²) in [5.41, 5.74) is 9.02. The molecule has 3 aromatic heterocycles. The first kappa shape index (κ1) is 25.1. The lowest BCUT2D eigenvalue weighted by Gasteiger charge is -2.22. The number of carbonyl (C=O) groups is 1. The van der Waals surface area contributed by atoms with Crippen molar-refractivity contribution in [2.75, 3.05) is 13.1 Å². The molecule has 1 aliphatic carbocycles. The molecule has 11 heteroatoms. The molecule has 1 amide bonds. The van der Waals surface area contributed by atoms with Crippen LogP contribution in [0.25, 0.3) is 17.2 Å². The van der Waals surface area contributed by atoms with E-state index in [2.05, 4.69) is 20.1 Å². The summed E-state index contributed by atoms with van der Waals surface area (Å²) in [7, 11) is 0. The number of rotatable bonds is 6. The van der Waals surface area contributed by atoms with E-state index in [0.717, 1.165) is 23.5 Å². The summed E-state index contributed by atoms with van der Waals surface area (Å²) in [5, 5.41) is 4.33. The maximum absolute atomic E-state index is 13.5. The first-order valence-electron chi connectivity index (χ1n) is 12.6. The molecule has 2 N–H and O–H groups in total. The number of aromatic nitrogens is 5. The summed E-state index contributed by atoms with van der Waals surface area (Å²) in [5.74, 6) is 0.0286. The van der Waals surface area contributed by atoms with E-state index in [1.807, 2.05) is 26.0 Å². The molecule has 9 nitrogen and oxygen atoms in total. The second-order valence-corrected chi connectivity index (χ2v) is 10.7. The molecule has 0 spiro atoms. The van der Waals surface area contributed by atoms with Gasteiger partial charge in [0.25, 0.3) is 11.9 Å². The topological polar surface area (TPSA) is 112 Å². The number of aryl methyl sites for hydroxylation is 1. The van der Waals surface area contributed by atoms with Crippen LogP contribution >= 0.6 is 0 Å². The predicted molar refractivity (Wildman–Crippen MR) is 138 cm³/mol. The normalized spacial score (nSPS) is 20.2. The van der Waals surface area contributed by atoms with Gasteiger partial charge in [-0.1, -0.05) is 0 Å². The Labute approximate surface area is 223 Å². The minimum Gasteiger partial charge on any atom is -0.474 e. The molecule has 1 saturated carbocycles. The molecule has 4 heterocycles. The van der Waals surface area contributed by atoms with E-state index in [-0.39, 0.29) is 35.6 Å². The van der Waals surface area contributed by atoms with E-state index in [1.54, 1.807) is 30.2 Å². The molecule has 4 aromatic rings. The number of halogens is 2. The van der Waals surface area contributed by atoms with Gasteiger partial charge in [-0.15, -0.1) is 0 Å². The van der Waals surface area contributed by atoms with Crippen LogP contribution in [0.5, 0.6) is 5.88 Å². The highest BCUT2D eigenvalue weighted by molar-refractivity contribution is 5.95. The number of piperidine rings is 1. The molecule has 1 aliphatic heterocycles. The summed E-state index contributed by atoms with van der Waals surface area (Å²) in [6.45, 7) is 6.66. The van der Waals surface area contributed by atoms with E-state index >= 15 is 0 Å². The fourth-order valence-electron chi connectivity index (χ4n) is 5.02. The zero-order valence-corrected chi connectivity index (χ0v) is 21.7. The van der Waals surface area contributed by atoms with Crippen LogP contribution in [0.15, 0.2) is 55.0 Å². The number of fused-ring (bicyclic) bond motifs is 1. The average Bonchev–Trinajstić information content (AvgIpc) is 3.21. The molecular formula is C28H27F2N7O2. The van der Waals surface area contributed by atoms with Crippen LogP contribution in [0.3, 0.4) is 0 Å². The molecule has 2 fully saturated rings. The number of benzene rings is 1. The first-order valence-corrected chi connectivity index (χ1v) is 12.6. The number of hydrogen-bond donors (Lipinski definition) is 1. The number of ether oxygens (including phenoxy) is 1.